The van der Waals surface area contributed by atoms with Crippen LogP contribution in [0.3, 0.4) is 0 Å². The summed E-state index contributed by atoms with van der Waals surface area (Å²) in [4.78, 5) is 9.83. The summed E-state index contributed by atoms with van der Waals surface area (Å²) >= 11 is 0. The summed E-state index contributed by atoms with van der Waals surface area (Å²) in [6, 6.07) is 8.74. The van der Waals surface area contributed by atoms with Gasteiger partial charge in [0.2, 0.25) is 0 Å². The monoisotopic (exact) mass is 441 g/mol. The average molecular weight is 441 g/mol. The van der Waals surface area contributed by atoms with E-state index in [2.05, 4.69) is 4.72 Å². The quantitative estimate of drug-likeness (QED) is 0.456. The number of methoxy groups -OCH3 is 1. The Hall–Kier alpha value is -3.54. The van der Waals surface area contributed by atoms with Gasteiger partial charge in [-0.25, -0.2) is 8.42 Å². The molecule has 0 fully saturated rings. The highest BCUT2D eigenvalue weighted by Crippen LogP contribution is 2.35. The van der Waals surface area contributed by atoms with Crippen LogP contribution in [0.1, 0.15) is 5.56 Å². The Morgan fingerprint density at radius 3 is 2.33 bits per heavy atom. The highest BCUT2D eigenvalue weighted by atomic mass is 32.2. The fourth-order valence-corrected chi connectivity index (χ4v) is 3.78. The van der Waals surface area contributed by atoms with Crippen LogP contribution >= 0.6 is 0 Å². The van der Waals surface area contributed by atoms with Gasteiger partial charge in [-0.1, -0.05) is 0 Å². The Labute approximate surface area is 168 Å². The number of nitrogens with zero attached hydrogens (tertiary/aromatic N) is 2. The molecule has 0 saturated carbocycles. The summed E-state index contributed by atoms with van der Waals surface area (Å²) in [6.45, 7) is 0. The van der Waals surface area contributed by atoms with Crippen LogP contribution in [0.15, 0.2) is 65.8 Å². The van der Waals surface area contributed by atoms with Gasteiger partial charge in [0, 0.05) is 18.5 Å². The minimum absolute atomic E-state index is 0.139. The molecule has 0 aliphatic heterocycles. The van der Waals surface area contributed by atoms with Crippen molar-refractivity contribution < 1.29 is 31.2 Å². The molecule has 8 nitrogen and oxygen atoms in total. The molecule has 3 rings (SSSR count). The summed E-state index contributed by atoms with van der Waals surface area (Å²) in [5.41, 5.74) is -1.87. The number of halogens is 3. The smallest absolute Gasteiger partial charge is 0.416 e. The van der Waals surface area contributed by atoms with Crippen LogP contribution in [-0.2, 0) is 16.2 Å². The number of nitro groups is 1. The molecule has 2 aromatic carbocycles. The van der Waals surface area contributed by atoms with E-state index in [1.54, 1.807) is 12.1 Å². The van der Waals surface area contributed by atoms with E-state index in [-0.39, 0.29) is 17.1 Å². The predicted octanol–water partition coefficient (Wildman–Crippen LogP) is 4.21. The lowest BCUT2D eigenvalue weighted by Crippen LogP contribution is -2.16. The van der Waals surface area contributed by atoms with Crippen molar-refractivity contribution in [2.45, 2.75) is 11.1 Å². The predicted molar refractivity (Wildman–Crippen MR) is 101 cm³/mol. The standard InChI is InChI=1S/C18H14F3N3O5S/c1-29-17-7-5-13(11-16(17)24(25)26)30(27,28)22-14-10-12(18(19,20)21)4-6-15(14)23-8-2-3-9-23/h2-11,22H,1H3. The van der Waals surface area contributed by atoms with E-state index in [0.717, 1.165) is 30.3 Å². The van der Waals surface area contributed by atoms with E-state index < -0.39 is 37.3 Å². The van der Waals surface area contributed by atoms with Crippen LogP contribution in [-0.4, -0.2) is 25.0 Å². The molecule has 1 heterocycles. The van der Waals surface area contributed by atoms with E-state index in [0.29, 0.717) is 6.07 Å². The molecule has 12 heteroatoms. The second-order valence-electron chi connectivity index (χ2n) is 6.02. The first kappa shape index (κ1) is 21.2. The maximum absolute atomic E-state index is 13.2. The Morgan fingerprint density at radius 2 is 1.77 bits per heavy atom. The van der Waals surface area contributed by atoms with E-state index in [9.17, 15) is 31.7 Å². The topological polar surface area (TPSA) is 103 Å². The van der Waals surface area contributed by atoms with Gasteiger partial charge >= 0.3 is 11.9 Å². The van der Waals surface area contributed by atoms with Gasteiger partial charge in [0.05, 0.1) is 33.9 Å². The maximum Gasteiger partial charge on any atom is 0.416 e. The Balaban J connectivity index is 2.10. The lowest BCUT2D eigenvalue weighted by molar-refractivity contribution is -0.386. The lowest BCUT2D eigenvalue weighted by atomic mass is 10.1. The molecule has 0 aliphatic rings. The van der Waals surface area contributed by atoms with Gasteiger partial charge in [-0.3, -0.25) is 14.8 Å². The number of hydrogen-bond donors (Lipinski definition) is 1. The number of nitro benzene ring substituents is 1. The van der Waals surface area contributed by atoms with Crippen molar-refractivity contribution in [1.82, 2.24) is 4.57 Å². The molecule has 1 N–H and O–H groups in total. The first-order valence-corrected chi connectivity index (χ1v) is 9.71. The van der Waals surface area contributed by atoms with Crippen LogP contribution in [0.4, 0.5) is 24.5 Å². The molecule has 3 aromatic rings. The number of anilines is 1. The Morgan fingerprint density at radius 1 is 1.10 bits per heavy atom. The molecule has 0 spiro atoms. The number of ether oxygens (including phenoxy) is 1. The minimum Gasteiger partial charge on any atom is -0.490 e. The number of rotatable bonds is 6. The zero-order chi connectivity index (χ0) is 22.1. The second-order valence-corrected chi connectivity index (χ2v) is 7.70. The molecule has 0 bridgehead atoms. The van der Waals surface area contributed by atoms with E-state index in [4.69, 9.17) is 4.74 Å². The van der Waals surface area contributed by atoms with Crippen molar-refractivity contribution in [2.75, 3.05) is 11.8 Å². The number of nitrogens with one attached hydrogen (secondary N) is 1. The molecule has 0 radical (unpaired) electrons. The number of alkyl halides is 3. The van der Waals surface area contributed by atoms with Crippen LogP contribution in [0.5, 0.6) is 5.75 Å². The van der Waals surface area contributed by atoms with Gasteiger partial charge < -0.3 is 9.30 Å². The van der Waals surface area contributed by atoms with Gasteiger partial charge in [0.25, 0.3) is 10.0 Å². The fraction of sp³-hybridized carbons (Fsp3) is 0.111. The summed E-state index contributed by atoms with van der Waals surface area (Å²) in [5, 5.41) is 11.2. The number of sulfonamides is 1. The van der Waals surface area contributed by atoms with Crippen molar-refractivity contribution in [3.63, 3.8) is 0 Å². The third kappa shape index (κ3) is 4.22. The molecule has 0 unspecified atom stereocenters. The highest BCUT2D eigenvalue weighted by molar-refractivity contribution is 7.92. The summed E-state index contributed by atoms with van der Waals surface area (Å²) in [5.74, 6) is -0.161. The van der Waals surface area contributed by atoms with Crippen molar-refractivity contribution in [3.05, 3.63) is 76.6 Å². The van der Waals surface area contributed by atoms with Crippen LogP contribution < -0.4 is 9.46 Å². The Bertz CT molecular complexity index is 1190. The zero-order valence-corrected chi connectivity index (χ0v) is 16.1. The van der Waals surface area contributed by atoms with Gasteiger partial charge in [0.15, 0.2) is 5.75 Å². The number of benzene rings is 2. The number of hydrogen-bond acceptors (Lipinski definition) is 5. The largest absolute Gasteiger partial charge is 0.490 e. The van der Waals surface area contributed by atoms with Crippen molar-refractivity contribution in [3.8, 4) is 11.4 Å². The zero-order valence-electron chi connectivity index (χ0n) is 15.3. The molecule has 0 saturated heterocycles. The van der Waals surface area contributed by atoms with E-state index >= 15 is 0 Å². The molecule has 0 amide bonds. The first-order chi connectivity index (χ1) is 14.0. The third-order valence-corrected chi connectivity index (χ3v) is 5.47. The highest BCUT2D eigenvalue weighted by Gasteiger charge is 2.32. The average Bonchev–Trinajstić information content (AvgIpc) is 3.20. The molecule has 158 valence electrons. The summed E-state index contributed by atoms with van der Waals surface area (Å²) in [6.07, 6.45) is -1.65. The Kier molecular flexibility index (Phi) is 5.44. The fourth-order valence-electron chi connectivity index (χ4n) is 2.70. The van der Waals surface area contributed by atoms with Crippen molar-refractivity contribution in [2.24, 2.45) is 0 Å². The molecule has 1 aromatic heterocycles. The lowest BCUT2D eigenvalue weighted by Gasteiger charge is -2.16. The SMILES string of the molecule is COc1ccc(S(=O)(=O)Nc2cc(C(F)(F)F)ccc2-n2cccc2)cc1[N+](=O)[O-]. The van der Waals surface area contributed by atoms with Crippen LogP contribution in [0.2, 0.25) is 0 Å². The normalized spacial score (nSPS) is 11.9. The maximum atomic E-state index is 13.2. The first-order valence-electron chi connectivity index (χ1n) is 8.23. The van der Waals surface area contributed by atoms with Crippen molar-refractivity contribution in [1.29, 1.82) is 0 Å². The summed E-state index contributed by atoms with van der Waals surface area (Å²) in [7, 11) is -3.28. The van der Waals surface area contributed by atoms with Gasteiger partial charge in [0.1, 0.15) is 0 Å². The molecular formula is C18H14F3N3O5S. The van der Waals surface area contributed by atoms with Gasteiger partial charge in [-0.15, -0.1) is 0 Å². The third-order valence-electron chi connectivity index (χ3n) is 4.11. The van der Waals surface area contributed by atoms with Crippen LogP contribution in [0, 0.1) is 10.1 Å². The van der Waals surface area contributed by atoms with Gasteiger partial charge in [-0.2, -0.15) is 13.2 Å². The second kappa shape index (κ2) is 7.71. The minimum atomic E-state index is -4.70. The van der Waals surface area contributed by atoms with Crippen molar-refractivity contribution >= 4 is 21.4 Å². The van der Waals surface area contributed by atoms with E-state index in [1.807, 2.05) is 0 Å². The van der Waals surface area contributed by atoms with E-state index in [1.165, 1.54) is 24.1 Å². The molecular weight excluding hydrogens is 427 g/mol. The van der Waals surface area contributed by atoms with Gasteiger partial charge in [-0.05, 0) is 42.5 Å². The summed E-state index contributed by atoms with van der Waals surface area (Å²) < 4.78 is 73.4. The molecule has 0 atom stereocenters. The molecule has 0 aliphatic carbocycles. The number of aromatic nitrogens is 1. The van der Waals surface area contributed by atoms with Crippen LogP contribution in [0.25, 0.3) is 5.69 Å². The molecule has 30 heavy (non-hydrogen) atoms.